The van der Waals surface area contributed by atoms with E-state index < -0.39 is 0 Å². The first-order valence-corrected chi connectivity index (χ1v) is 7.77. The fourth-order valence-electron chi connectivity index (χ4n) is 3.02. The standard InChI is InChI=1S/C17H21N3O2.ClH/c18-15-4-2-1-3-13(15)9-17(21)20-14-7-5-12(6-8-14)16-10-19-11-22-16;/h5-8,10-11,13,15H,1-4,9,18H2,(H,20,21);1H. The van der Waals surface area contributed by atoms with Crippen molar-refractivity contribution in [2.24, 2.45) is 11.7 Å². The maximum atomic E-state index is 12.1. The van der Waals surface area contributed by atoms with Gasteiger partial charge in [-0.15, -0.1) is 12.4 Å². The second kappa shape index (κ2) is 8.13. The minimum absolute atomic E-state index is 0. The van der Waals surface area contributed by atoms with Gasteiger partial charge in [-0.25, -0.2) is 4.98 Å². The van der Waals surface area contributed by atoms with E-state index >= 15 is 0 Å². The molecule has 1 aromatic heterocycles. The Kier molecular flexibility index (Phi) is 6.19. The van der Waals surface area contributed by atoms with Crippen LogP contribution in [0.1, 0.15) is 32.1 Å². The topological polar surface area (TPSA) is 81.2 Å². The van der Waals surface area contributed by atoms with Crippen molar-refractivity contribution >= 4 is 24.0 Å². The zero-order chi connectivity index (χ0) is 15.4. The van der Waals surface area contributed by atoms with Crippen LogP contribution < -0.4 is 11.1 Å². The molecule has 2 atom stereocenters. The van der Waals surface area contributed by atoms with Crippen molar-refractivity contribution < 1.29 is 9.21 Å². The van der Waals surface area contributed by atoms with Gasteiger partial charge in [0, 0.05) is 23.7 Å². The predicted octanol–water partition coefficient (Wildman–Crippen LogP) is 3.61. The minimum Gasteiger partial charge on any atom is -0.444 e. The van der Waals surface area contributed by atoms with Crippen LogP contribution in [0, 0.1) is 5.92 Å². The van der Waals surface area contributed by atoms with E-state index in [1.54, 1.807) is 6.20 Å². The van der Waals surface area contributed by atoms with Crippen LogP contribution in [0.4, 0.5) is 5.69 Å². The molecule has 1 aliphatic carbocycles. The molecule has 1 aliphatic rings. The molecule has 1 amide bonds. The van der Waals surface area contributed by atoms with E-state index in [0.29, 0.717) is 18.1 Å². The number of nitrogens with two attached hydrogens (primary N) is 1. The van der Waals surface area contributed by atoms with Crippen LogP contribution in [0.15, 0.2) is 41.3 Å². The Morgan fingerprint density at radius 1 is 1.26 bits per heavy atom. The van der Waals surface area contributed by atoms with Gasteiger partial charge in [-0.05, 0) is 43.0 Å². The van der Waals surface area contributed by atoms with Crippen molar-refractivity contribution in [1.29, 1.82) is 0 Å². The Balaban J connectivity index is 0.00000192. The Morgan fingerprint density at radius 2 is 2.00 bits per heavy atom. The first-order valence-electron chi connectivity index (χ1n) is 7.77. The van der Waals surface area contributed by atoms with Crippen LogP contribution in [-0.4, -0.2) is 16.9 Å². The maximum absolute atomic E-state index is 12.1. The molecule has 0 spiro atoms. The summed E-state index contributed by atoms with van der Waals surface area (Å²) in [7, 11) is 0. The van der Waals surface area contributed by atoms with Crippen molar-refractivity contribution in [3.63, 3.8) is 0 Å². The Bertz CT molecular complexity index is 613. The number of anilines is 1. The Morgan fingerprint density at radius 3 is 2.65 bits per heavy atom. The van der Waals surface area contributed by atoms with Gasteiger partial charge >= 0.3 is 0 Å². The molecule has 0 bridgehead atoms. The van der Waals surface area contributed by atoms with Gasteiger partial charge in [0.1, 0.15) is 0 Å². The number of carbonyl (C=O) groups is 1. The number of hydrogen-bond donors (Lipinski definition) is 2. The highest BCUT2D eigenvalue weighted by molar-refractivity contribution is 5.91. The van der Waals surface area contributed by atoms with E-state index in [0.717, 1.165) is 24.1 Å². The monoisotopic (exact) mass is 335 g/mol. The molecule has 0 aliphatic heterocycles. The maximum Gasteiger partial charge on any atom is 0.224 e. The summed E-state index contributed by atoms with van der Waals surface area (Å²) >= 11 is 0. The highest BCUT2D eigenvalue weighted by Crippen LogP contribution is 2.26. The summed E-state index contributed by atoms with van der Waals surface area (Å²) < 4.78 is 5.24. The van der Waals surface area contributed by atoms with E-state index in [1.807, 2.05) is 24.3 Å². The van der Waals surface area contributed by atoms with Crippen LogP contribution >= 0.6 is 12.4 Å². The second-order valence-electron chi connectivity index (χ2n) is 5.90. The number of halogens is 1. The zero-order valence-electron chi connectivity index (χ0n) is 12.9. The second-order valence-corrected chi connectivity index (χ2v) is 5.90. The molecule has 124 valence electrons. The number of benzene rings is 1. The quantitative estimate of drug-likeness (QED) is 0.894. The fraction of sp³-hybridized carbons (Fsp3) is 0.412. The Labute approximate surface area is 142 Å². The third-order valence-corrected chi connectivity index (χ3v) is 4.30. The first-order chi connectivity index (χ1) is 10.7. The predicted molar refractivity (Wildman–Crippen MR) is 92.4 cm³/mol. The highest BCUT2D eigenvalue weighted by Gasteiger charge is 2.24. The van der Waals surface area contributed by atoms with Crippen LogP contribution in [0.2, 0.25) is 0 Å². The average molecular weight is 336 g/mol. The minimum atomic E-state index is 0. The van der Waals surface area contributed by atoms with Crippen LogP contribution in [0.5, 0.6) is 0 Å². The summed E-state index contributed by atoms with van der Waals surface area (Å²) in [4.78, 5) is 16.0. The molecule has 2 unspecified atom stereocenters. The lowest BCUT2D eigenvalue weighted by atomic mass is 9.83. The third-order valence-electron chi connectivity index (χ3n) is 4.30. The summed E-state index contributed by atoms with van der Waals surface area (Å²) in [6.07, 6.45) is 8.02. The van der Waals surface area contributed by atoms with Crippen molar-refractivity contribution in [2.45, 2.75) is 38.1 Å². The molecule has 23 heavy (non-hydrogen) atoms. The first kappa shape index (κ1) is 17.5. The molecule has 3 N–H and O–H groups in total. The summed E-state index contributed by atoms with van der Waals surface area (Å²) in [5, 5.41) is 2.94. The van der Waals surface area contributed by atoms with Crippen LogP contribution in [-0.2, 0) is 4.79 Å². The normalized spacial score (nSPS) is 20.6. The molecule has 1 aromatic carbocycles. The molecule has 2 aromatic rings. The zero-order valence-corrected chi connectivity index (χ0v) is 13.7. The van der Waals surface area contributed by atoms with E-state index in [1.165, 1.54) is 19.2 Å². The molecule has 6 heteroatoms. The molecule has 1 heterocycles. The number of rotatable bonds is 4. The lowest BCUT2D eigenvalue weighted by molar-refractivity contribution is -0.117. The molecule has 0 radical (unpaired) electrons. The molecule has 3 rings (SSSR count). The number of aromatic nitrogens is 1. The van der Waals surface area contributed by atoms with E-state index in [2.05, 4.69) is 10.3 Å². The summed E-state index contributed by atoms with van der Waals surface area (Å²) in [5.41, 5.74) is 7.82. The molecular formula is C17H22ClN3O2. The third kappa shape index (κ3) is 4.56. The number of nitrogens with one attached hydrogen (secondary N) is 1. The van der Waals surface area contributed by atoms with Gasteiger partial charge in [-0.2, -0.15) is 0 Å². The molecule has 1 fully saturated rings. The molecule has 5 nitrogen and oxygen atoms in total. The largest absolute Gasteiger partial charge is 0.444 e. The van der Waals surface area contributed by atoms with Crippen molar-refractivity contribution in [1.82, 2.24) is 4.98 Å². The smallest absolute Gasteiger partial charge is 0.224 e. The average Bonchev–Trinajstić information content (AvgIpc) is 3.05. The number of amides is 1. The van der Waals surface area contributed by atoms with Crippen LogP contribution in [0.3, 0.4) is 0 Å². The summed E-state index contributed by atoms with van der Waals surface area (Å²) in [5.74, 6) is 1.06. The van der Waals surface area contributed by atoms with Crippen LogP contribution in [0.25, 0.3) is 11.3 Å². The van der Waals surface area contributed by atoms with Crippen molar-refractivity contribution in [2.75, 3.05) is 5.32 Å². The van der Waals surface area contributed by atoms with Gasteiger partial charge < -0.3 is 15.5 Å². The molecular weight excluding hydrogens is 314 g/mol. The van der Waals surface area contributed by atoms with Gasteiger partial charge in [-0.3, -0.25) is 4.79 Å². The van der Waals surface area contributed by atoms with E-state index in [4.69, 9.17) is 10.2 Å². The highest BCUT2D eigenvalue weighted by atomic mass is 35.5. The van der Waals surface area contributed by atoms with E-state index in [9.17, 15) is 4.79 Å². The van der Waals surface area contributed by atoms with Gasteiger partial charge in [0.05, 0.1) is 6.20 Å². The molecule has 0 saturated heterocycles. The van der Waals surface area contributed by atoms with E-state index in [-0.39, 0.29) is 24.4 Å². The number of hydrogen-bond acceptors (Lipinski definition) is 4. The lowest BCUT2D eigenvalue weighted by Gasteiger charge is -2.27. The SMILES string of the molecule is Cl.NC1CCCCC1CC(=O)Nc1ccc(-c2cnco2)cc1. The van der Waals surface area contributed by atoms with Crippen molar-refractivity contribution in [3.05, 3.63) is 36.9 Å². The number of nitrogens with zero attached hydrogens (tertiary/aromatic N) is 1. The van der Waals surface area contributed by atoms with Gasteiger partial charge in [-0.1, -0.05) is 12.8 Å². The lowest BCUT2D eigenvalue weighted by Crippen LogP contribution is -2.35. The summed E-state index contributed by atoms with van der Waals surface area (Å²) in [6.45, 7) is 0. The van der Waals surface area contributed by atoms with Crippen molar-refractivity contribution in [3.8, 4) is 11.3 Å². The Hall–Kier alpha value is -1.85. The number of carbonyl (C=O) groups excluding carboxylic acids is 1. The summed E-state index contributed by atoms with van der Waals surface area (Å²) in [6, 6.07) is 7.71. The molecule has 1 saturated carbocycles. The fourth-order valence-corrected chi connectivity index (χ4v) is 3.02. The van der Waals surface area contributed by atoms with Gasteiger partial charge in [0.2, 0.25) is 5.91 Å². The number of oxazole rings is 1. The van der Waals surface area contributed by atoms with Gasteiger partial charge in [0.15, 0.2) is 12.2 Å². The van der Waals surface area contributed by atoms with Gasteiger partial charge in [0.25, 0.3) is 0 Å².